The van der Waals surface area contributed by atoms with E-state index in [0.29, 0.717) is 5.82 Å². The molecule has 2 aromatic heterocycles. The molecule has 298 valence electrons. The molecule has 0 saturated carbocycles. The van der Waals surface area contributed by atoms with Crippen molar-refractivity contribution in [2.24, 2.45) is 0 Å². The van der Waals surface area contributed by atoms with Crippen LogP contribution < -0.4 is 0 Å². The number of rotatable bonds is 7. The van der Waals surface area contributed by atoms with Crippen LogP contribution in [0.15, 0.2) is 237 Å². The minimum absolute atomic E-state index is 0.682. The Balaban J connectivity index is 1.06. The van der Waals surface area contributed by atoms with Crippen LogP contribution >= 0.6 is 0 Å². The van der Waals surface area contributed by atoms with Crippen molar-refractivity contribution in [3.05, 3.63) is 237 Å². The van der Waals surface area contributed by atoms with Crippen molar-refractivity contribution in [3.63, 3.8) is 0 Å². The molecule has 0 aliphatic carbocycles. The van der Waals surface area contributed by atoms with Crippen LogP contribution in [0.3, 0.4) is 0 Å². The Hall–Kier alpha value is -8.53. The highest BCUT2D eigenvalue weighted by Gasteiger charge is 2.22. The molecule has 3 heteroatoms. The first-order chi connectivity index (χ1) is 31.7. The number of aromatic nitrogens is 3. The van der Waals surface area contributed by atoms with Gasteiger partial charge in [0.1, 0.15) is 0 Å². The van der Waals surface area contributed by atoms with Gasteiger partial charge in [0.05, 0.1) is 22.6 Å². The van der Waals surface area contributed by atoms with Gasteiger partial charge in [-0.2, -0.15) is 0 Å². The van der Waals surface area contributed by atoms with E-state index >= 15 is 0 Å². The first kappa shape index (κ1) is 37.2. The van der Waals surface area contributed by atoms with E-state index in [0.717, 1.165) is 89.0 Å². The van der Waals surface area contributed by atoms with E-state index in [1.165, 1.54) is 26.9 Å². The maximum absolute atomic E-state index is 5.43. The van der Waals surface area contributed by atoms with Gasteiger partial charge in [-0.25, -0.2) is 15.0 Å². The molecule has 12 rings (SSSR count). The Kier molecular flexibility index (Phi) is 9.16. The number of benzene rings is 10. The van der Waals surface area contributed by atoms with Gasteiger partial charge >= 0.3 is 0 Å². The number of para-hydroxylation sites is 1. The van der Waals surface area contributed by atoms with Crippen molar-refractivity contribution in [1.82, 2.24) is 15.0 Å². The molecule has 0 N–H and O–H groups in total. The van der Waals surface area contributed by atoms with Gasteiger partial charge in [-0.3, -0.25) is 0 Å². The largest absolute Gasteiger partial charge is 0.247 e. The van der Waals surface area contributed by atoms with Gasteiger partial charge in [-0.15, -0.1) is 0 Å². The quantitative estimate of drug-likeness (QED) is 0.150. The van der Waals surface area contributed by atoms with Gasteiger partial charge in [0.15, 0.2) is 5.82 Å². The molecule has 0 spiro atoms. The van der Waals surface area contributed by atoms with Gasteiger partial charge < -0.3 is 0 Å². The lowest BCUT2D eigenvalue weighted by Crippen LogP contribution is -2.01. The molecule has 0 radical (unpaired) electrons. The predicted octanol–water partition coefficient (Wildman–Crippen LogP) is 16.2. The Morgan fingerprint density at radius 3 is 1.48 bits per heavy atom. The fourth-order valence-electron chi connectivity index (χ4n) is 9.37. The van der Waals surface area contributed by atoms with Crippen LogP contribution in [0.1, 0.15) is 0 Å². The maximum atomic E-state index is 5.43. The van der Waals surface area contributed by atoms with Crippen LogP contribution in [-0.4, -0.2) is 15.0 Å². The molecule has 3 nitrogen and oxygen atoms in total. The molecule has 10 aromatic carbocycles. The molecule has 0 aliphatic rings. The summed E-state index contributed by atoms with van der Waals surface area (Å²) in [6.07, 6.45) is 0. The third kappa shape index (κ3) is 6.59. The summed E-state index contributed by atoms with van der Waals surface area (Å²) in [7, 11) is 0. The predicted molar refractivity (Wildman–Crippen MR) is 268 cm³/mol. The van der Waals surface area contributed by atoms with E-state index in [2.05, 4.69) is 231 Å². The molecule has 0 atom stereocenters. The summed E-state index contributed by atoms with van der Waals surface area (Å²) in [4.78, 5) is 16.2. The smallest absolute Gasteiger partial charge is 0.160 e. The van der Waals surface area contributed by atoms with Crippen LogP contribution in [0, 0.1) is 0 Å². The number of hydrogen-bond acceptors (Lipinski definition) is 3. The molecule has 64 heavy (non-hydrogen) atoms. The molecule has 2 heterocycles. The van der Waals surface area contributed by atoms with Crippen molar-refractivity contribution in [1.29, 1.82) is 0 Å². The molecular weight excluding hydrogens is 775 g/mol. The maximum Gasteiger partial charge on any atom is 0.160 e. The zero-order valence-electron chi connectivity index (χ0n) is 34.9. The Morgan fingerprint density at radius 1 is 0.250 bits per heavy atom. The highest BCUT2D eigenvalue weighted by atomic mass is 14.9. The molecule has 0 saturated heterocycles. The van der Waals surface area contributed by atoms with Crippen molar-refractivity contribution >= 4 is 43.2 Å². The van der Waals surface area contributed by atoms with Crippen LogP contribution in [-0.2, 0) is 0 Å². The summed E-state index contributed by atoms with van der Waals surface area (Å²) in [5, 5.41) is 8.31. The summed E-state index contributed by atoms with van der Waals surface area (Å²) in [6, 6.07) is 84.0. The Morgan fingerprint density at radius 2 is 0.781 bits per heavy atom. The van der Waals surface area contributed by atoms with E-state index in [1.807, 2.05) is 6.07 Å². The zero-order chi connectivity index (χ0) is 42.4. The second kappa shape index (κ2) is 15.7. The van der Waals surface area contributed by atoms with Gasteiger partial charge in [0.2, 0.25) is 0 Å². The monoisotopic (exact) mass is 813 g/mol. The third-order valence-corrected chi connectivity index (χ3v) is 12.4. The minimum atomic E-state index is 0.682. The van der Waals surface area contributed by atoms with E-state index in [-0.39, 0.29) is 0 Å². The molecule has 0 aliphatic heterocycles. The summed E-state index contributed by atoms with van der Waals surface area (Å²) in [5.74, 6) is 0.682. The van der Waals surface area contributed by atoms with Gasteiger partial charge in [-0.1, -0.05) is 212 Å². The molecule has 0 amide bonds. The van der Waals surface area contributed by atoms with Gasteiger partial charge in [-0.05, 0) is 73.6 Å². The van der Waals surface area contributed by atoms with Crippen LogP contribution in [0.5, 0.6) is 0 Å². The van der Waals surface area contributed by atoms with E-state index in [9.17, 15) is 0 Å². The SMILES string of the molecule is c1ccc(-c2cccc(-c3nc(-c4ccccc4)c(-c4ccc(-c5cc6c(-c7ccc8ccccc8c7)nc7ccccc7c6c6ccccc56)cc4)c(-c4ccccc4)n3)c2)cc1. The molecule has 12 aromatic rings. The highest BCUT2D eigenvalue weighted by molar-refractivity contribution is 6.25. The average molecular weight is 814 g/mol. The fourth-order valence-corrected chi connectivity index (χ4v) is 9.37. The first-order valence-electron chi connectivity index (χ1n) is 21.8. The number of nitrogens with zero attached hydrogens (tertiary/aromatic N) is 3. The van der Waals surface area contributed by atoms with E-state index in [1.54, 1.807) is 0 Å². The Labute approximate surface area is 371 Å². The van der Waals surface area contributed by atoms with Crippen LogP contribution in [0.25, 0.3) is 122 Å². The molecule has 0 fully saturated rings. The van der Waals surface area contributed by atoms with Gasteiger partial charge in [0.25, 0.3) is 0 Å². The summed E-state index contributed by atoms with van der Waals surface area (Å²) in [5.41, 5.74) is 14.5. The normalized spacial score (nSPS) is 11.4. The van der Waals surface area contributed by atoms with Crippen molar-refractivity contribution in [2.75, 3.05) is 0 Å². The molecular formula is C61H39N3. The second-order valence-electron chi connectivity index (χ2n) is 16.3. The summed E-state index contributed by atoms with van der Waals surface area (Å²) >= 11 is 0. The average Bonchev–Trinajstić information content (AvgIpc) is 3.38. The topological polar surface area (TPSA) is 38.7 Å². The minimum Gasteiger partial charge on any atom is -0.247 e. The van der Waals surface area contributed by atoms with Crippen molar-refractivity contribution in [3.8, 4) is 78.5 Å². The van der Waals surface area contributed by atoms with Crippen molar-refractivity contribution in [2.45, 2.75) is 0 Å². The lowest BCUT2D eigenvalue weighted by Gasteiger charge is -2.18. The lowest BCUT2D eigenvalue weighted by atomic mass is 9.88. The van der Waals surface area contributed by atoms with Crippen molar-refractivity contribution < 1.29 is 0 Å². The van der Waals surface area contributed by atoms with E-state index in [4.69, 9.17) is 15.0 Å². The van der Waals surface area contributed by atoms with Crippen LogP contribution in [0.4, 0.5) is 0 Å². The third-order valence-electron chi connectivity index (χ3n) is 12.4. The zero-order valence-corrected chi connectivity index (χ0v) is 34.9. The fraction of sp³-hybridized carbons (Fsp3) is 0. The number of fused-ring (bicyclic) bond motifs is 6. The lowest BCUT2D eigenvalue weighted by molar-refractivity contribution is 1.18. The summed E-state index contributed by atoms with van der Waals surface area (Å²) in [6.45, 7) is 0. The molecule has 0 bridgehead atoms. The van der Waals surface area contributed by atoms with E-state index < -0.39 is 0 Å². The second-order valence-corrected chi connectivity index (χ2v) is 16.3. The Bertz CT molecular complexity index is 3630. The number of hydrogen-bond donors (Lipinski definition) is 0. The standard InChI is InChI=1S/C61H39N3/c1-4-17-40(18-5-1)47-25-16-26-49(38-47)61-63-59(44-20-6-2-7-21-44)56(60(64-61)45-22-8-3-9-23-45)43-34-32-42(33-35-43)53-39-54-57(51-28-13-12-27-50(51)53)52-29-14-15-30-55(52)62-58(54)48-36-31-41-19-10-11-24-46(41)37-48/h1-39H. The number of pyridine rings is 1. The first-order valence-corrected chi connectivity index (χ1v) is 21.8. The van der Waals surface area contributed by atoms with Crippen LogP contribution in [0.2, 0.25) is 0 Å². The summed E-state index contributed by atoms with van der Waals surface area (Å²) < 4.78 is 0. The molecule has 0 unspecified atom stereocenters. The van der Waals surface area contributed by atoms with Gasteiger partial charge in [0, 0.05) is 44.0 Å². The highest BCUT2D eigenvalue weighted by Crippen LogP contribution is 2.44.